The highest BCUT2D eigenvalue weighted by Crippen LogP contribution is 2.17. The Bertz CT molecular complexity index is 601. The van der Waals surface area contributed by atoms with E-state index in [1.54, 1.807) is 0 Å². The van der Waals surface area contributed by atoms with E-state index in [9.17, 15) is 0 Å². The van der Waals surface area contributed by atoms with Crippen LogP contribution in [-0.4, -0.2) is 23.1 Å². The number of rotatable bonds is 8. The van der Waals surface area contributed by atoms with Crippen molar-refractivity contribution in [1.82, 2.24) is 9.97 Å². The van der Waals surface area contributed by atoms with Crippen molar-refractivity contribution in [3.8, 4) is 0 Å². The van der Waals surface area contributed by atoms with E-state index in [1.165, 1.54) is 11.1 Å². The van der Waals surface area contributed by atoms with Crippen LogP contribution in [-0.2, 0) is 6.54 Å². The van der Waals surface area contributed by atoms with Gasteiger partial charge in [0.2, 0.25) is 0 Å². The first-order valence-electron chi connectivity index (χ1n) is 8.52. The number of aryl methyl sites for hydroxylation is 2. The average Bonchev–Trinajstić information content (AvgIpc) is 2.54. The lowest BCUT2D eigenvalue weighted by atomic mass is 10.1. The zero-order valence-electron chi connectivity index (χ0n) is 14.8. The Morgan fingerprint density at radius 1 is 0.957 bits per heavy atom. The Morgan fingerprint density at radius 2 is 1.61 bits per heavy atom. The van der Waals surface area contributed by atoms with E-state index in [1.807, 2.05) is 6.92 Å². The highest BCUT2D eigenvalue weighted by molar-refractivity contribution is 5.49. The minimum atomic E-state index is 0.776. The van der Waals surface area contributed by atoms with Gasteiger partial charge in [-0.05, 0) is 32.3 Å². The second kappa shape index (κ2) is 8.51. The van der Waals surface area contributed by atoms with Crippen molar-refractivity contribution in [1.29, 1.82) is 0 Å². The van der Waals surface area contributed by atoms with Gasteiger partial charge in [-0.15, -0.1) is 0 Å². The lowest BCUT2D eigenvalue weighted by Gasteiger charge is -2.23. The Hall–Kier alpha value is -2.10. The molecular weight excluding hydrogens is 284 g/mol. The summed E-state index contributed by atoms with van der Waals surface area (Å²) in [4.78, 5) is 11.5. The van der Waals surface area contributed by atoms with Crippen molar-refractivity contribution in [3.63, 3.8) is 0 Å². The summed E-state index contributed by atoms with van der Waals surface area (Å²) in [6.07, 6.45) is 2.24. The van der Waals surface area contributed by atoms with Gasteiger partial charge in [0, 0.05) is 25.7 Å². The zero-order chi connectivity index (χ0) is 16.7. The summed E-state index contributed by atoms with van der Waals surface area (Å²) in [7, 11) is 0. The first kappa shape index (κ1) is 17.3. The van der Waals surface area contributed by atoms with Crippen LogP contribution in [0.5, 0.6) is 0 Å². The molecule has 2 aromatic rings. The summed E-state index contributed by atoms with van der Waals surface area (Å²) >= 11 is 0. The van der Waals surface area contributed by atoms with Gasteiger partial charge in [0.15, 0.2) is 0 Å². The quantitative estimate of drug-likeness (QED) is 0.787. The average molecular weight is 312 g/mol. The number of nitrogens with zero attached hydrogens (tertiary/aromatic N) is 3. The van der Waals surface area contributed by atoms with E-state index in [0.717, 1.165) is 49.9 Å². The van der Waals surface area contributed by atoms with E-state index in [2.05, 4.69) is 71.3 Å². The number of hydrogen-bond acceptors (Lipinski definition) is 4. The van der Waals surface area contributed by atoms with E-state index < -0.39 is 0 Å². The summed E-state index contributed by atoms with van der Waals surface area (Å²) in [5.74, 6) is 2.73. The molecule has 0 radical (unpaired) electrons. The molecule has 0 saturated carbocycles. The molecule has 0 amide bonds. The molecule has 1 N–H and O–H groups in total. The van der Waals surface area contributed by atoms with Crippen LogP contribution in [0.3, 0.4) is 0 Å². The van der Waals surface area contributed by atoms with Crippen LogP contribution in [0.4, 0.5) is 11.6 Å². The lowest BCUT2D eigenvalue weighted by molar-refractivity contribution is 0.730. The summed E-state index contributed by atoms with van der Waals surface area (Å²) in [5, 5.41) is 3.42. The van der Waals surface area contributed by atoms with Gasteiger partial charge in [-0.2, -0.15) is 0 Å². The predicted octanol–water partition coefficient (Wildman–Crippen LogP) is 4.33. The molecule has 0 saturated heterocycles. The van der Waals surface area contributed by atoms with Crippen LogP contribution in [0, 0.1) is 13.8 Å². The molecular formula is C19H28N4. The summed E-state index contributed by atoms with van der Waals surface area (Å²) in [6, 6.07) is 10.6. The van der Waals surface area contributed by atoms with Gasteiger partial charge in [-0.1, -0.05) is 43.7 Å². The maximum Gasteiger partial charge on any atom is 0.134 e. The van der Waals surface area contributed by atoms with Gasteiger partial charge >= 0.3 is 0 Å². The standard InChI is InChI=1S/C19H28N4/c1-5-11-23(12-6-2)19-13-18(21-16(4)22-19)20-14-17-9-7-15(3)8-10-17/h7-10,13H,5-6,11-12,14H2,1-4H3,(H,20,21,22). The topological polar surface area (TPSA) is 41.0 Å². The monoisotopic (exact) mass is 312 g/mol. The van der Waals surface area contributed by atoms with Crippen LogP contribution in [0.25, 0.3) is 0 Å². The van der Waals surface area contributed by atoms with Crippen molar-refractivity contribution in [2.45, 2.75) is 47.1 Å². The number of anilines is 2. The molecule has 0 aliphatic rings. The van der Waals surface area contributed by atoms with E-state index in [0.29, 0.717) is 0 Å². The highest BCUT2D eigenvalue weighted by atomic mass is 15.2. The Balaban J connectivity index is 2.11. The minimum absolute atomic E-state index is 0.776. The fourth-order valence-electron chi connectivity index (χ4n) is 2.58. The minimum Gasteiger partial charge on any atom is -0.366 e. The maximum atomic E-state index is 4.61. The predicted molar refractivity (Wildman–Crippen MR) is 98.1 cm³/mol. The van der Waals surface area contributed by atoms with E-state index >= 15 is 0 Å². The third-order valence-corrected chi connectivity index (χ3v) is 3.73. The Morgan fingerprint density at radius 3 is 2.22 bits per heavy atom. The van der Waals surface area contributed by atoms with Gasteiger partial charge in [-0.25, -0.2) is 9.97 Å². The molecule has 1 heterocycles. The van der Waals surface area contributed by atoms with Gasteiger partial charge in [0.25, 0.3) is 0 Å². The van der Waals surface area contributed by atoms with Gasteiger partial charge in [-0.3, -0.25) is 0 Å². The first-order chi connectivity index (χ1) is 11.1. The van der Waals surface area contributed by atoms with Crippen LogP contribution in [0.1, 0.15) is 43.6 Å². The second-order valence-electron chi connectivity index (χ2n) is 5.98. The Labute approximate surface area is 140 Å². The molecule has 0 bridgehead atoms. The van der Waals surface area contributed by atoms with Crippen LogP contribution < -0.4 is 10.2 Å². The van der Waals surface area contributed by atoms with Crippen molar-refractivity contribution in [2.24, 2.45) is 0 Å². The van der Waals surface area contributed by atoms with Crippen molar-refractivity contribution >= 4 is 11.6 Å². The smallest absolute Gasteiger partial charge is 0.134 e. The molecule has 124 valence electrons. The normalized spacial score (nSPS) is 10.6. The molecule has 1 aromatic heterocycles. The molecule has 0 atom stereocenters. The van der Waals surface area contributed by atoms with Crippen LogP contribution in [0.2, 0.25) is 0 Å². The van der Waals surface area contributed by atoms with Gasteiger partial charge in [0.05, 0.1) is 0 Å². The summed E-state index contributed by atoms with van der Waals surface area (Å²) in [5.41, 5.74) is 2.54. The number of aromatic nitrogens is 2. The number of nitrogens with one attached hydrogen (secondary N) is 1. The molecule has 0 spiro atoms. The largest absolute Gasteiger partial charge is 0.366 e. The zero-order valence-corrected chi connectivity index (χ0v) is 14.8. The third kappa shape index (κ3) is 5.23. The molecule has 0 aliphatic carbocycles. The molecule has 4 heteroatoms. The number of benzene rings is 1. The first-order valence-corrected chi connectivity index (χ1v) is 8.52. The molecule has 4 nitrogen and oxygen atoms in total. The molecule has 0 aliphatic heterocycles. The second-order valence-corrected chi connectivity index (χ2v) is 5.98. The molecule has 2 rings (SSSR count). The SMILES string of the molecule is CCCN(CCC)c1cc(NCc2ccc(C)cc2)nc(C)n1. The molecule has 1 aromatic carbocycles. The highest BCUT2D eigenvalue weighted by Gasteiger charge is 2.09. The lowest BCUT2D eigenvalue weighted by Crippen LogP contribution is -2.26. The van der Waals surface area contributed by atoms with Crippen LogP contribution in [0.15, 0.2) is 30.3 Å². The number of hydrogen-bond donors (Lipinski definition) is 1. The van der Waals surface area contributed by atoms with Crippen LogP contribution >= 0.6 is 0 Å². The van der Waals surface area contributed by atoms with Crippen molar-refractivity contribution in [3.05, 3.63) is 47.3 Å². The van der Waals surface area contributed by atoms with E-state index in [-0.39, 0.29) is 0 Å². The fraction of sp³-hybridized carbons (Fsp3) is 0.474. The van der Waals surface area contributed by atoms with E-state index in [4.69, 9.17) is 0 Å². The third-order valence-electron chi connectivity index (χ3n) is 3.73. The van der Waals surface area contributed by atoms with Gasteiger partial charge < -0.3 is 10.2 Å². The molecule has 0 unspecified atom stereocenters. The van der Waals surface area contributed by atoms with Crippen molar-refractivity contribution in [2.75, 3.05) is 23.3 Å². The van der Waals surface area contributed by atoms with Crippen molar-refractivity contribution < 1.29 is 0 Å². The molecule has 23 heavy (non-hydrogen) atoms. The van der Waals surface area contributed by atoms with Gasteiger partial charge in [0.1, 0.15) is 17.5 Å². The summed E-state index contributed by atoms with van der Waals surface area (Å²) in [6.45, 7) is 11.3. The molecule has 0 fully saturated rings. The fourth-order valence-corrected chi connectivity index (χ4v) is 2.58. The maximum absolute atomic E-state index is 4.61. The Kier molecular flexibility index (Phi) is 6.39. The summed E-state index contributed by atoms with van der Waals surface area (Å²) < 4.78 is 0.